The SMILES string of the molecule is [CH2]CC(O)(CCCCCCCCCCCCCCCCCC)CC(O)O. The van der Waals surface area contributed by atoms with E-state index in [-0.39, 0.29) is 6.42 Å². The molecular weight excluding hydrogens is 324 g/mol. The molecule has 3 heteroatoms. The summed E-state index contributed by atoms with van der Waals surface area (Å²) in [7, 11) is 0. The van der Waals surface area contributed by atoms with Crippen molar-refractivity contribution in [2.75, 3.05) is 0 Å². The van der Waals surface area contributed by atoms with E-state index >= 15 is 0 Å². The minimum Gasteiger partial charge on any atom is -0.390 e. The molecule has 0 aromatic rings. The van der Waals surface area contributed by atoms with Crippen LogP contribution in [0.15, 0.2) is 0 Å². The van der Waals surface area contributed by atoms with E-state index in [1.54, 1.807) is 0 Å². The number of unbranched alkanes of at least 4 members (excludes halogenated alkanes) is 15. The summed E-state index contributed by atoms with van der Waals surface area (Å²) in [6.45, 7) is 6.00. The molecule has 0 rings (SSSR count). The van der Waals surface area contributed by atoms with Gasteiger partial charge in [-0.05, 0) is 12.8 Å². The first-order chi connectivity index (χ1) is 12.5. The standard InChI is InChI=1S/C23H47O3/c1-3-5-6-7-8-9-10-11-12-13-14-15-16-17-18-19-20-23(26,4-2)21-22(24)25/h22,24-26H,2-21H2,1H3. The molecule has 3 nitrogen and oxygen atoms in total. The van der Waals surface area contributed by atoms with E-state index in [2.05, 4.69) is 13.8 Å². The van der Waals surface area contributed by atoms with Gasteiger partial charge in [0, 0.05) is 6.42 Å². The van der Waals surface area contributed by atoms with Crippen LogP contribution in [0.25, 0.3) is 0 Å². The molecule has 1 atom stereocenters. The van der Waals surface area contributed by atoms with Crippen LogP contribution in [-0.2, 0) is 0 Å². The predicted molar refractivity (Wildman–Crippen MR) is 112 cm³/mol. The molecule has 0 aliphatic heterocycles. The third-order valence-corrected chi connectivity index (χ3v) is 5.52. The number of aliphatic hydroxyl groups excluding tert-OH is 1. The lowest BCUT2D eigenvalue weighted by atomic mass is 9.89. The van der Waals surface area contributed by atoms with Gasteiger partial charge in [-0.3, -0.25) is 0 Å². The Kier molecular flexibility index (Phi) is 18.2. The van der Waals surface area contributed by atoms with Gasteiger partial charge < -0.3 is 15.3 Å². The molecule has 157 valence electrons. The van der Waals surface area contributed by atoms with Gasteiger partial charge in [-0.1, -0.05) is 117 Å². The Labute approximate surface area is 163 Å². The van der Waals surface area contributed by atoms with Crippen LogP contribution in [0.5, 0.6) is 0 Å². The van der Waals surface area contributed by atoms with Crippen molar-refractivity contribution in [3.05, 3.63) is 6.92 Å². The van der Waals surface area contributed by atoms with Crippen molar-refractivity contribution in [2.24, 2.45) is 0 Å². The quantitative estimate of drug-likeness (QED) is 0.174. The van der Waals surface area contributed by atoms with Gasteiger partial charge >= 0.3 is 0 Å². The van der Waals surface area contributed by atoms with Gasteiger partial charge in [0.2, 0.25) is 0 Å². The Morgan fingerprint density at radius 2 is 1.00 bits per heavy atom. The molecule has 0 heterocycles. The summed E-state index contributed by atoms with van der Waals surface area (Å²) >= 11 is 0. The fraction of sp³-hybridized carbons (Fsp3) is 0.957. The maximum absolute atomic E-state index is 10.2. The van der Waals surface area contributed by atoms with E-state index in [0.29, 0.717) is 12.8 Å². The molecule has 0 fully saturated rings. The van der Waals surface area contributed by atoms with Gasteiger partial charge in [-0.25, -0.2) is 0 Å². The average molecular weight is 372 g/mol. The predicted octanol–water partition coefficient (Wildman–Crippen LogP) is 6.29. The Bertz CT molecular complexity index is 281. The van der Waals surface area contributed by atoms with E-state index < -0.39 is 11.9 Å². The van der Waals surface area contributed by atoms with Crippen molar-refractivity contribution in [3.8, 4) is 0 Å². The highest BCUT2D eigenvalue weighted by Gasteiger charge is 2.26. The van der Waals surface area contributed by atoms with Gasteiger partial charge in [0.05, 0.1) is 5.60 Å². The van der Waals surface area contributed by atoms with Gasteiger partial charge in [-0.15, -0.1) is 0 Å². The summed E-state index contributed by atoms with van der Waals surface area (Å²) in [5, 5.41) is 28.3. The van der Waals surface area contributed by atoms with Crippen molar-refractivity contribution in [1.82, 2.24) is 0 Å². The Morgan fingerprint density at radius 1 is 0.654 bits per heavy atom. The second-order valence-electron chi connectivity index (χ2n) is 8.21. The molecule has 0 saturated carbocycles. The van der Waals surface area contributed by atoms with Crippen LogP contribution in [0.1, 0.15) is 129 Å². The minimum atomic E-state index is -1.44. The Hall–Kier alpha value is -0.120. The van der Waals surface area contributed by atoms with E-state index in [1.807, 2.05) is 0 Å². The zero-order valence-electron chi connectivity index (χ0n) is 17.6. The molecular formula is C23H47O3. The smallest absolute Gasteiger partial charge is 0.154 e. The minimum absolute atomic E-state index is 0.00917. The largest absolute Gasteiger partial charge is 0.390 e. The molecule has 1 radical (unpaired) electrons. The van der Waals surface area contributed by atoms with E-state index in [0.717, 1.165) is 12.8 Å². The zero-order chi connectivity index (χ0) is 19.5. The van der Waals surface area contributed by atoms with Crippen LogP contribution in [-0.4, -0.2) is 27.2 Å². The molecule has 0 spiro atoms. The lowest BCUT2D eigenvalue weighted by Gasteiger charge is -2.27. The van der Waals surface area contributed by atoms with Crippen molar-refractivity contribution >= 4 is 0 Å². The summed E-state index contributed by atoms with van der Waals surface area (Å²) < 4.78 is 0. The normalized spacial score (nSPS) is 14.1. The molecule has 0 aliphatic carbocycles. The maximum atomic E-state index is 10.2. The number of hydrogen-bond acceptors (Lipinski definition) is 3. The van der Waals surface area contributed by atoms with Crippen LogP contribution in [0.3, 0.4) is 0 Å². The van der Waals surface area contributed by atoms with Gasteiger partial charge in [0.1, 0.15) is 0 Å². The first kappa shape index (κ1) is 25.9. The summed E-state index contributed by atoms with van der Waals surface area (Å²) in [5.41, 5.74) is -1.01. The van der Waals surface area contributed by atoms with Gasteiger partial charge in [-0.2, -0.15) is 0 Å². The molecule has 0 aromatic carbocycles. The molecule has 0 saturated heterocycles. The molecule has 0 aromatic heterocycles. The summed E-state index contributed by atoms with van der Waals surface area (Å²) in [6, 6.07) is 0. The van der Waals surface area contributed by atoms with Crippen LogP contribution < -0.4 is 0 Å². The molecule has 1 unspecified atom stereocenters. The fourth-order valence-corrected chi connectivity index (χ4v) is 3.67. The third kappa shape index (κ3) is 17.3. The highest BCUT2D eigenvalue weighted by Crippen LogP contribution is 2.24. The third-order valence-electron chi connectivity index (χ3n) is 5.52. The van der Waals surface area contributed by atoms with Crippen LogP contribution >= 0.6 is 0 Å². The molecule has 26 heavy (non-hydrogen) atoms. The lowest BCUT2D eigenvalue weighted by Crippen LogP contribution is -2.32. The second kappa shape index (κ2) is 18.3. The summed E-state index contributed by atoms with van der Waals surface area (Å²) in [6.07, 6.45) is 20.8. The first-order valence-corrected chi connectivity index (χ1v) is 11.4. The lowest BCUT2D eigenvalue weighted by molar-refractivity contribution is -0.105. The second-order valence-corrected chi connectivity index (χ2v) is 8.21. The van der Waals surface area contributed by atoms with Crippen LogP contribution in [0, 0.1) is 6.92 Å². The van der Waals surface area contributed by atoms with Crippen molar-refractivity contribution in [2.45, 2.75) is 141 Å². The highest BCUT2D eigenvalue weighted by atomic mass is 16.5. The number of hydrogen-bond donors (Lipinski definition) is 3. The molecule has 0 bridgehead atoms. The summed E-state index contributed by atoms with van der Waals surface area (Å²) in [5.74, 6) is 0. The highest BCUT2D eigenvalue weighted by molar-refractivity contribution is 4.80. The number of rotatable bonds is 20. The van der Waals surface area contributed by atoms with Crippen molar-refractivity contribution < 1.29 is 15.3 Å². The monoisotopic (exact) mass is 371 g/mol. The topological polar surface area (TPSA) is 60.7 Å². The van der Waals surface area contributed by atoms with E-state index in [1.165, 1.54) is 89.9 Å². The average Bonchev–Trinajstić information content (AvgIpc) is 2.60. The summed E-state index contributed by atoms with van der Waals surface area (Å²) in [4.78, 5) is 0. The fourth-order valence-electron chi connectivity index (χ4n) is 3.67. The zero-order valence-corrected chi connectivity index (χ0v) is 17.6. The van der Waals surface area contributed by atoms with Crippen LogP contribution in [0.4, 0.5) is 0 Å². The molecule has 0 amide bonds. The Morgan fingerprint density at radius 3 is 1.31 bits per heavy atom. The van der Waals surface area contributed by atoms with Crippen LogP contribution in [0.2, 0.25) is 0 Å². The van der Waals surface area contributed by atoms with Gasteiger partial charge in [0.25, 0.3) is 0 Å². The van der Waals surface area contributed by atoms with Crippen molar-refractivity contribution in [3.63, 3.8) is 0 Å². The maximum Gasteiger partial charge on any atom is 0.154 e. The number of aliphatic hydroxyl groups is 3. The van der Waals surface area contributed by atoms with Crippen molar-refractivity contribution in [1.29, 1.82) is 0 Å². The van der Waals surface area contributed by atoms with E-state index in [9.17, 15) is 5.11 Å². The molecule has 0 aliphatic rings. The van der Waals surface area contributed by atoms with Gasteiger partial charge in [0.15, 0.2) is 6.29 Å². The molecule has 3 N–H and O–H groups in total. The first-order valence-electron chi connectivity index (χ1n) is 11.4. The van der Waals surface area contributed by atoms with E-state index in [4.69, 9.17) is 10.2 Å². The Balaban J connectivity index is 3.26.